The monoisotopic (exact) mass is 266 g/mol. The van der Waals surface area contributed by atoms with Crippen molar-refractivity contribution in [3.05, 3.63) is 0 Å². The lowest BCUT2D eigenvalue weighted by molar-refractivity contribution is -0.133. The second kappa shape index (κ2) is 5.43. The standard InChI is InChI=1S/C16H30N2O/c1-6-16(5)15(19)18(10-12(4)13-7-8-13)14(17-16)9-11(2)3/h11-14,17H,6-10H2,1-5H3. The molecular weight excluding hydrogens is 236 g/mol. The van der Waals surface area contributed by atoms with Gasteiger partial charge in [0.25, 0.3) is 0 Å². The molecule has 1 N–H and O–H groups in total. The maximum Gasteiger partial charge on any atom is 0.243 e. The molecule has 2 rings (SSSR count). The molecule has 1 heterocycles. The Bertz CT molecular complexity index is 338. The number of rotatable bonds is 6. The third-order valence-electron chi connectivity index (χ3n) is 4.91. The molecule has 0 aromatic rings. The number of nitrogens with one attached hydrogen (secondary N) is 1. The van der Waals surface area contributed by atoms with E-state index in [0.29, 0.717) is 17.7 Å². The average molecular weight is 266 g/mol. The van der Waals surface area contributed by atoms with Crippen LogP contribution in [0.15, 0.2) is 0 Å². The molecule has 2 aliphatic rings. The van der Waals surface area contributed by atoms with Gasteiger partial charge in [-0.15, -0.1) is 0 Å². The molecule has 0 aromatic heterocycles. The molecule has 19 heavy (non-hydrogen) atoms. The van der Waals surface area contributed by atoms with Crippen molar-refractivity contribution < 1.29 is 4.79 Å². The van der Waals surface area contributed by atoms with Gasteiger partial charge in [-0.2, -0.15) is 0 Å². The fourth-order valence-electron chi connectivity index (χ4n) is 3.19. The Kier molecular flexibility index (Phi) is 4.24. The van der Waals surface area contributed by atoms with Crippen LogP contribution in [0, 0.1) is 17.8 Å². The minimum absolute atomic E-state index is 0.235. The predicted molar refractivity (Wildman–Crippen MR) is 78.7 cm³/mol. The number of carbonyl (C=O) groups is 1. The van der Waals surface area contributed by atoms with Crippen molar-refractivity contribution in [3.8, 4) is 0 Å². The van der Waals surface area contributed by atoms with Gasteiger partial charge in [-0.25, -0.2) is 0 Å². The Morgan fingerprint density at radius 1 is 1.37 bits per heavy atom. The molecule has 1 amide bonds. The predicted octanol–water partition coefficient (Wildman–Crippen LogP) is 3.01. The summed E-state index contributed by atoms with van der Waals surface area (Å²) in [5, 5.41) is 3.59. The molecule has 1 aliphatic heterocycles. The highest BCUT2D eigenvalue weighted by molar-refractivity contribution is 5.88. The number of hydrogen-bond donors (Lipinski definition) is 1. The van der Waals surface area contributed by atoms with E-state index in [1.807, 2.05) is 0 Å². The Morgan fingerprint density at radius 2 is 2.00 bits per heavy atom. The van der Waals surface area contributed by atoms with E-state index in [-0.39, 0.29) is 11.7 Å². The summed E-state index contributed by atoms with van der Waals surface area (Å²) in [7, 11) is 0. The molecule has 110 valence electrons. The van der Waals surface area contributed by atoms with E-state index in [2.05, 4.69) is 44.8 Å². The van der Waals surface area contributed by atoms with Gasteiger partial charge in [0.2, 0.25) is 5.91 Å². The van der Waals surface area contributed by atoms with Crippen molar-refractivity contribution in [1.82, 2.24) is 10.2 Å². The highest BCUT2D eigenvalue weighted by Gasteiger charge is 2.47. The summed E-state index contributed by atoms with van der Waals surface area (Å²) in [5.74, 6) is 2.44. The zero-order chi connectivity index (χ0) is 14.2. The first-order valence-corrected chi connectivity index (χ1v) is 7.96. The van der Waals surface area contributed by atoms with Gasteiger partial charge < -0.3 is 4.90 Å². The van der Waals surface area contributed by atoms with Gasteiger partial charge in [0, 0.05) is 6.54 Å². The van der Waals surface area contributed by atoms with Gasteiger partial charge in [-0.05, 0) is 50.4 Å². The van der Waals surface area contributed by atoms with Crippen molar-refractivity contribution in [2.75, 3.05) is 6.54 Å². The van der Waals surface area contributed by atoms with Crippen LogP contribution < -0.4 is 5.32 Å². The summed E-state index contributed by atoms with van der Waals surface area (Å²) in [4.78, 5) is 14.8. The molecule has 3 atom stereocenters. The van der Waals surface area contributed by atoms with E-state index in [1.165, 1.54) is 12.8 Å². The summed E-state index contributed by atoms with van der Waals surface area (Å²) in [5.41, 5.74) is -0.344. The number of amides is 1. The van der Waals surface area contributed by atoms with E-state index < -0.39 is 0 Å². The van der Waals surface area contributed by atoms with Crippen LogP contribution in [-0.4, -0.2) is 29.1 Å². The quantitative estimate of drug-likeness (QED) is 0.801. The SMILES string of the molecule is CCC1(C)NC(CC(C)C)N(CC(C)C2CC2)C1=O. The second-order valence-corrected chi connectivity index (χ2v) is 7.25. The highest BCUT2D eigenvalue weighted by atomic mass is 16.2. The lowest BCUT2D eigenvalue weighted by atomic mass is 9.98. The van der Waals surface area contributed by atoms with Crippen LogP contribution in [0.2, 0.25) is 0 Å². The van der Waals surface area contributed by atoms with Crippen molar-refractivity contribution in [2.24, 2.45) is 17.8 Å². The van der Waals surface area contributed by atoms with Gasteiger partial charge >= 0.3 is 0 Å². The fraction of sp³-hybridized carbons (Fsp3) is 0.938. The number of hydrogen-bond acceptors (Lipinski definition) is 2. The summed E-state index contributed by atoms with van der Waals surface area (Å²) < 4.78 is 0. The topological polar surface area (TPSA) is 32.3 Å². The Labute approximate surface area is 118 Å². The molecule has 0 aromatic carbocycles. The van der Waals surface area contributed by atoms with Crippen LogP contribution >= 0.6 is 0 Å². The number of nitrogens with zero attached hydrogens (tertiary/aromatic N) is 1. The van der Waals surface area contributed by atoms with E-state index in [4.69, 9.17) is 0 Å². The Hall–Kier alpha value is -0.570. The summed E-state index contributed by atoms with van der Waals surface area (Å²) in [6.07, 6.45) is 4.87. The maximum atomic E-state index is 12.7. The first-order valence-electron chi connectivity index (χ1n) is 7.96. The lowest BCUT2D eigenvalue weighted by Gasteiger charge is -2.28. The van der Waals surface area contributed by atoms with Crippen LogP contribution in [0.3, 0.4) is 0 Å². The fourth-order valence-corrected chi connectivity index (χ4v) is 3.19. The normalized spacial score (nSPS) is 33.3. The molecule has 1 saturated carbocycles. The molecule has 0 spiro atoms. The largest absolute Gasteiger partial charge is 0.325 e. The molecule has 3 nitrogen and oxygen atoms in total. The third kappa shape index (κ3) is 3.13. The Morgan fingerprint density at radius 3 is 2.47 bits per heavy atom. The second-order valence-electron chi connectivity index (χ2n) is 7.25. The van der Waals surface area contributed by atoms with Crippen molar-refractivity contribution in [1.29, 1.82) is 0 Å². The van der Waals surface area contributed by atoms with E-state index in [0.717, 1.165) is 25.3 Å². The van der Waals surface area contributed by atoms with Crippen molar-refractivity contribution in [2.45, 2.75) is 72.0 Å². The van der Waals surface area contributed by atoms with Crippen LogP contribution in [0.1, 0.15) is 60.3 Å². The molecule has 0 bridgehead atoms. The maximum absolute atomic E-state index is 12.7. The van der Waals surface area contributed by atoms with E-state index in [1.54, 1.807) is 0 Å². The smallest absolute Gasteiger partial charge is 0.243 e. The lowest BCUT2D eigenvalue weighted by Crippen LogP contribution is -2.44. The van der Waals surface area contributed by atoms with Crippen molar-refractivity contribution >= 4 is 5.91 Å². The number of carbonyl (C=O) groups excluding carboxylic acids is 1. The van der Waals surface area contributed by atoms with Crippen LogP contribution in [0.4, 0.5) is 0 Å². The summed E-state index contributed by atoms with van der Waals surface area (Å²) >= 11 is 0. The first-order chi connectivity index (χ1) is 8.87. The molecular formula is C16H30N2O. The molecule has 1 aliphatic carbocycles. The highest BCUT2D eigenvalue weighted by Crippen LogP contribution is 2.38. The summed E-state index contributed by atoms with van der Waals surface area (Å²) in [6.45, 7) is 11.9. The zero-order valence-corrected chi connectivity index (χ0v) is 13.2. The van der Waals surface area contributed by atoms with Gasteiger partial charge in [-0.3, -0.25) is 10.1 Å². The molecule has 3 heteroatoms. The van der Waals surface area contributed by atoms with E-state index in [9.17, 15) is 4.79 Å². The van der Waals surface area contributed by atoms with Gasteiger partial charge in [0.15, 0.2) is 0 Å². The van der Waals surface area contributed by atoms with Crippen LogP contribution in [-0.2, 0) is 4.79 Å². The van der Waals surface area contributed by atoms with Gasteiger partial charge in [0.05, 0.1) is 11.7 Å². The van der Waals surface area contributed by atoms with Gasteiger partial charge in [-0.1, -0.05) is 27.7 Å². The van der Waals surface area contributed by atoms with Gasteiger partial charge in [0.1, 0.15) is 0 Å². The summed E-state index contributed by atoms with van der Waals surface area (Å²) in [6, 6.07) is 0. The van der Waals surface area contributed by atoms with E-state index >= 15 is 0 Å². The molecule has 0 radical (unpaired) electrons. The van der Waals surface area contributed by atoms with Crippen LogP contribution in [0.5, 0.6) is 0 Å². The molecule has 1 saturated heterocycles. The zero-order valence-electron chi connectivity index (χ0n) is 13.2. The average Bonchev–Trinajstić information content (AvgIpc) is 3.14. The van der Waals surface area contributed by atoms with Crippen LogP contribution in [0.25, 0.3) is 0 Å². The first kappa shape index (κ1) is 14.8. The Balaban J connectivity index is 2.08. The third-order valence-corrected chi connectivity index (χ3v) is 4.91. The van der Waals surface area contributed by atoms with Crippen molar-refractivity contribution in [3.63, 3.8) is 0 Å². The minimum atomic E-state index is -0.344. The molecule has 2 fully saturated rings. The molecule has 3 unspecified atom stereocenters. The minimum Gasteiger partial charge on any atom is -0.325 e.